The van der Waals surface area contributed by atoms with Gasteiger partial charge in [0.2, 0.25) is 0 Å². The van der Waals surface area contributed by atoms with Gasteiger partial charge in [0, 0.05) is 5.56 Å². The van der Waals surface area contributed by atoms with Crippen molar-refractivity contribution >= 4 is 0 Å². The molecule has 29 heavy (non-hydrogen) atoms. The van der Waals surface area contributed by atoms with Crippen LogP contribution in [0.3, 0.4) is 0 Å². The average molecular weight is 391 g/mol. The van der Waals surface area contributed by atoms with Gasteiger partial charge in [0.15, 0.2) is 0 Å². The maximum atomic E-state index is 11.4. The van der Waals surface area contributed by atoms with Crippen molar-refractivity contribution in [2.45, 2.75) is 90.6 Å². The first-order valence-corrected chi connectivity index (χ1v) is 12.1. The summed E-state index contributed by atoms with van der Waals surface area (Å²) >= 11 is 0. The number of hydrogen-bond donors (Lipinski definition) is 1. The molecule has 0 radical (unpaired) electrons. The Kier molecular flexibility index (Phi) is 4.67. The Morgan fingerprint density at radius 1 is 0.897 bits per heavy atom. The van der Waals surface area contributed by atoms with E-state index in [9.17, 15) is 5.11 Å². The van der Waals surface area contributed by atoms with Crippen LogP contribution in [0.15, 0.2) is 24.3 Å². The number of fused-ring (bicyclic) bond motifs is 5. The molecule has 0 spiro atoms. The van der Waals surface area contributed by atoms with Crippen molar-refractivity contribution < 1.29 is 5.11 Å². The fourth-order valence-electron chi connectivity index (χ4n) is 8.18. The second kappa shape index (κ2) is 6.88. The van der Waals surface area contributed by atoms with Crippen LogP contribution < -0.4 is 0 Å². The Morgan fingerprint density at radius 2 is 1.69 bits per heavy atom. The van der Waals surface area contributed by atoms with Crippen molar-refractivity contribution in [3.8, 4) is 11.8 Å². The average Bonchev–Trinajstić information content (AvgIpc) is 3.10. The van der Waals surface area contributed by atoms with E-state index in [-0.39, 0.29) is 0 Å². The van der Waals surface area contributed by atoms with E-state index in [0.29, 0.717) is 16.7 Å². The summed E-state index contributed by atoms with van der Waals surface area (Å²) in [5.74, 6) is 10.0. The van der Waals surface area contributed by atoms with Gasteiger partial charge in [-0.15, -0.1) is 0 Å². The van der Waals surface area contributed by atoms with Crippen LogP contribution in [-0.2, 0) is 0 Å². The molecule has 2 unspecified atom stereocenters. The summed E-state index contributed by atoms with van der Waals surface area (Å²) in [4.78, 5) is 0. The number of benzene rings is 1. The highest BCUT2D eigenvalue weighted by atomic mass is 16.3. The molecule has 4 fully saturated rings. The highest BCUT2D eigenvalue weighted by Crippen LogP contribution is 2.66. The summed E-state index contributed by atoms with van der Waals surface area (Å²) in [6.45, 7) is 7.27. The zero-order valence-corrected chi connectivity index (χ0v) is 18.6. The first-order chi connectivity index (χ1) is 13.8. The summed E-state index contributed by atoms with van der Waals surface area (Å²) in [5.41, 5.74) is 2.54. The van der Waals surface area contributed by atoms with Crippen LogP contribution in [0, 0.1) is 53.3 Å². The lowest BCUT2D eigenvalue weighted by atomic mass is 9.44. The van der Waals surface area contributed by atoms with Crippen molar-refractivity contribution in [2.75, 3.05) is 0 Å². The summed E-state index contributed by atoms with van der Waals surface area (Å²) in [6, 6.07) is 8.36. The van der Waals surface area contributed by atoms with Gasteiger partial charge in [-0.05, 0) is 111 Å². The Labute approximate surface area is 177 Å². The number of hydrogen-bond acceptors (Lipinski definition) is 1. The highest BCUT2D eigenvalue weighted by Gasteiger charge is 2.59. The smallest absolute Gasteiger partial charge is 0.126 e. The zero-order chi connectivity index (χ0) is 20.3. The lowest BCUT2D eigenvalue weighted by Gasteiger charge is -2.61. The van der Waals surface area contributed by atoms with E-state index in [1.807, 2.05) is 0 Å². The molecule has 0 saturated heterocycles. The molecule has 4 saturated carbocycles. The van der Waals surface area contributed by atoms with Gasteiger partial charge in [-0.1, -0.05) is 49.8 Å². The summed E-state index contributed by atoms with van der Waals surface area (Å²) < 4.78 is 0. The van der Waals surface area contributed by atoms with Crippen LogP contribution in [-0.4, -0.2) is 10.7 Å². The number of rotatable bonds is 0. The molecule has 1 N–H and O–H groups in total. The normalized spacial score (nSPS) is 46.1. The molecule has 0 amide bonds. The molecule has 5 rings (SSSR count). The van der Waals surface area contributed by atoms with Crippen LogP contribution >= 0.6 is 0 Å². The topological polar surface area (TPSA) is 20.2 Å². The number of aliphatic hydroxyl groups is 1. The van der Waals surface area contributed by atoms with Gasteiger partial charge in [0.25, 0.3) is 0 Å². The van der Waals surface area contributed by atoms with Crippen LogP contribution in [0.5, 0.6) is 0 Å². The van der Waals surface area contributed by atoms with Crippen molar-refractivity contribution in [1.29, 1.82) is 0 Å². The maximum absolute atomic E-state index is 11.4. The molecule has 0 aromatic heterocycles. The predicted octanol–water partition coefficient (Wildman–Crippen LogP) is 6.51. The van der Waals surface area contributed by atoms with E-state index in [1.165, 1.54) is 50.5 Å². The van der Waals surface area contributed by atoms with Gasteiger partial charge < -0.3 is 5.11 Å². The maximum Gasteiger partial charge on any atom is 0.126 e. The summed E-state index contributed by atoms with van der Waals surface area (Å²) in [7, 11) is 0. The third kappa shape index (κ3) is 3.27. The van der Waals surface area contributed by atoms with Crippen molar-refractivity contribution in [3.63, 3.8) is 0 Å². The molecule has 1 heteroatoms. The zero-order valence-electron chi connectivity index (χ0n) is 18.6. The first kappa shape index (κ1) is 19.7. The molecule has 0 heterocycles. The Balaban J connectivity index is 1.34. The van der Waals surface area contributed by atoms with Crippen molar-refractivity contribution in [1.82, 2.24) is 0 Å². The predicted molar refractivity (Wildman–Crippen MR) is 119 cm³/mol. The SMILES string of the molecule is Cc1ccc(C#CC2(O)CC[C@@]3(C)C(CC[C@@H]4[C@H]3CC[C@]3(C)CCC[C@@H]43)C2)cc1. The quantitative estimate of drug-likeness (QED) is 0.501. The molecule has 0 aliphatic heterocycles. The van der Waals surface area contributed by atoms with Crippen LogP contribution in [0.4, 0.5) is 0 Å². The molecule has 1 nitrogen and oxygen atoms in total. The molecule has 4 aliphatic carbocycles. The van der Waals surface area contributed by atoms with Gasteiger partial charge in [-0.3, -0.25) is 0 Å². The van der Waals surface area contributed by atoms with Crippen molar-refractivity contribution in [3.05, 3.63) is 35.4 Å². The second-order valence-electron chi connectivity index (χ2n) is 11.6. The molecule has 1 aromatic rings. The van der Waals surface area contributed by atoms with E-state index in [0.717, 1.165) is 42.6 Å². The fourth-order valence-corrected chi connectivity index (χ4v) is 8.18. The first-order valence-electron chi connectivity index (χ1n) is 12.1. The minimum Gasteiger partial charge on any atom is -0.378 e. The third-order valence-corrected chi connectivity index (χ3v) is 10.00. The van der Waals surface area contributed by atoms with Crippen LogP contribution in [0.25, 0.3) is 0 Å². The standard InChI is InChI=1S/C28H38O/c1-20-6-8-21(9-7-20)12-16-28(29)18-17-27(3)22(19-28)10-11-23-24-5-4-14-26(24,2)15-13-25(23)27/h6-9,22-25,29H,4-5,10-11,13-15,17-19H2,1-3H3/t22?,23-,24-,25+,26-,27-,28?/m0/s1. The molecular weight excluding hydrogens is 352 g/mol. The van der Waals surface area contributed by atoms with Gasteiger partial charge >= 0.3 is 0 Å². The molecule has 4 aliphatic rings. The van der Waals surface area contributed by atoms with Gasteiger partial charge in [0.1, 0.15) is 5.60 Å². The Morgan fingerprint density at radius 3 is 2.48 bits per heavy atom. The molecule has 156 valence electrons. The molecule has 1 aromatic carbocycles. The minimum absolute atomic E-state index is 0.421. The lowest BCUT2D eigenvalue weighted by molar-refractivity contribution is -0.133. The van der Waals surface area contributed by atoms with E-state index >= 15 is 0 Å². The largest absolute Gasteiger partial charge is 0.378 e. The third-order valence-electron chi connectivity index (χ3n) is 10.00. The summed E-state index contributed by atoms with van der Waals surface area (Å²) in [5, 5.41) is 11.4. The van der Waals surface area contributed by atoms with Gasteiger partial charge in [-0.2, -0.15) is 0 Å². The van der Waals surface area contributed by atoms with Crippen LogP contribution in [0.2, 0.25) is 0 Å². The Bertz CT molecular complexity index is 828. The molecule has 0 bridgehead atoms. The molecular formula is C28H38O. The number of aryl methyl sites for hydroxylation is 1. The monoisotopic (exact) mass is 390 g/mol. The van der Waals surface area contributed by atoms with Crippen LogP contribution in [0.1, 0.15) is 89.2 Å². The van der Waals surface area contributed by atoms with Gasteiger partial charge in [0.05, 0.1) is 0 Å². The van der Waals surface area contributed by atoms with E-state index in [1.54, 1.807) is 0 Å². The lowest BCUT2D eigenvalue weighted by Crippen LogP contribution is -2.55. The van der Waals surface area contributed by atoms with E-state index in [4.69, 9.17) is 0 Å². The Hall–Kier alpha value is -1.26. The van der Waals surface area contributed by atoms with Crippen molar-refractivity contribution in [2.24, 2.45) is 34.5 Å². The summed E-state index contributed by atoms with van der Waals surface area (Å²) in [6.07, 6.45) is 12.9. The minimum atomic E-state index is -0.793. The van der Waals surface area contributed by atoms with E-state index in [2.05, 4.69) is 56.9 Å². The highest BCUT2D eigenvalue weighted by molar-refractivity contribution is 5.38. The molecule has 7 atom stereocenters. The second-order valence-corrected chi connectivity index (χ2v) is 11.6. The fraction of sp³-hybridized carbons (Fsp3) is 0.714. The van der Waals surface area contributed by atoms with Gasteiger partial charge in [-0.25, -0.2) is 0 Å². The van der Waals surface area contributed by atoms with E-state index < -0.39 is 5.60 Å².